The van der Waals surface area contributed by atoms with Gasteiger partial charge in [-0.3, -0.25) is 9.67 Å². The Bertz CT molecular complexity index is 730. The molecule has 0 amide bonds. The van der Waals surface area contributed by atoms with Crippen LogP contribution in [-0.4, -0.2) is 21.3 Å². The fourth-order valence-electron chi connectivity index (χ4n) is 2.38. The van der Waals surface area contributed by atoms with Crippen LogP contribution in [0.1, 0.15) is 11.4 Å². The number of hydrogen-bond donors (Lipinski definition) is 1. The number of hydrogen-bond acceptors (Lipinski definition) is 3. The summed E-state index contributed by atoms with van der Waals surface area (Å²) in [5.41, 5.74) is 4.32. The summed E-state index contributed by atoms with van der Waals surface area (Å²) in [6.45, 7) is 2.89. The molecule has 1 aromatic carbocycles. The molecule has 2 heterocycles. The SMILES string of the molecule is Cc1cc(NCCc2ccn(C)n2)c2ccccc2n1. The van der Waals surface area contributed by atoms with E-state index in [4.69, 9.17) is 0 Å². The molecule has 0 atom stereocenters. The second-order valence-electron chi connectivity index (χ2n) is 4.99. The lowest BCUT2D eigenvalue weighted by Gasteiger charge is -2.10. The Labute approximate surface area is 118 Å². The Hall–Kier alpha value is -2.36. The molecule has 0 saturated heterocycles. The number of fused-ring (bicyclic) bond motifs is 1. The highest BCUT2D eigenvalue weighted by molar-refractivity contribution is 5.91. The Balaban J connectivity index is 1.77. The molecule has 3 aromatic rings. The average molecular weight is 266 g/mol. The van der Waals surface area contributed by atoms with Crippen LogP contribution in [0.5, 0.6) is 0 Å². The first-order valence-corrected chi connectivity index (χ1v) is 6.81. The van der Waals surface area contributed by atoms with E-state index in [1.807, 2.05) is 43.0 Å². The molecule has 0 aliphatic carbocycles. The van der Waals surface area contributed by atoms with Crippen molar-refractivity contribution in [3.63, 3.8) is 0 Å². The molecule has 0 saturated carbocycles. The summed E-state index contributed by atoms with van der Waals surface area (Å²) < 4.78 is 1.83. The van der Waals surface area contributed by atoms with Crippen LogP contribution in [0, 0.1) is 6.92 Å². The van der Waals surface area contributed by atoms with Gasteiger partial charge in [0.15, 0.2) is 0 Å². The van der Waals surface area contributed by atoms with Crippen LogP contribution >= 0.6 is 0 Å². The van der Waals surface area contributed by atoms with Crippen LogP contribution < -0.4 is 5.32 Å². The van der Waals surface area contributed by atoms with Crippen molar-refractivity contribution >= 4 is 16.6 Å². The fraction of sp³-hybridized carbons (Fsp3) is 0.250. The van der Waals surface area contributed by atoms with Gasteiger partial charge < -0.3 is 5.32 Å². The van der Waals surface area contributed by atoms with Gasteiger partial charge >= 0.3 is 0 Å². The molecule has 2 aromatic heterocycles. The molecular formula is C16H18N4. The van der Waals surface area contributed by atoms with Gasteiger partial charge in [0.05, 0.1) is 11.2 Å². The summed E-state index contributed by atoms with van der Waals surface area (Å²) in [6, 6.07) is 12.4. The average Bonchev–Trinajstić information content (AvgIpc) is 2.84. The molecule has 102 valence electrons. The minimum Gasteiger partial charge on any atom is -0.384 e. The number of pyridine rings is 1. The monoisotopic (exact) mass is 266 g/mol. The summed E-state index contributed by atoms with van der Waals surface area (Å²) in [6.07, 6.45) is 2.89. The third kappa shape index (κ3) is 2.64. The van der Waals surface area contributed by atoms with Crippen LogP contribution in [0.25, 0.3) is 10.9 Å². The first kappa shape index (κ1) is 12.7. The van der Waals surface area contributed by atoms with Gasteiger partial charge in [-0.15, -0.1) is 0 Å². The van der Waals surface area contributed by atoms with E-state index in [1.54, 1.807) is 0 Å². The Morgan fingerprint density at radius 2 is 2.05 bits per heavy atom. The third-order valence-corrected chi connectivity index (χ3v) is 3.31. The molecule has 0 aliphatic rings. The fourth-order valence-corrected chi connectivity index (χ4v) is 2.38. The largest absolute Gasteiger partial charge is 0.384 e. The Morgan fingerprint density at radius 1 is 1.20 bits per heavy atom. The van der Waals surface area contributed by atoms with Crippen molar-refractivity contribution < 1.29 is 0 Å². The lowest BCUT2D eigenvalue weighted by Crippen LogP contribution is -2.06. The molecule has 4 heteroatoms. The standard InChI is InChI=1S/C16H18N4/c1-12-11-16(14-5-3-4-6-15(14)18-12)17-9-7-13-8-10-20(2)19-13/h3-6,8,10-11H,7,9H2,1-2H3,(H,17,18). The van der Waals surface area contributed by atoms with Crippen molar-refractivity contribution in [2.24, 2.45) is 7.05 Å². The van der Waals surface area contributed by atoms with E-state index >= 15 is 0 Å². The number of para-hydroxylation sites is 1. The highest BCUT2D eigenvalue weighted by atomic mass is 15.2. The summed E-state index contributed by atoms with van der Waals surface area (Å²) in [5.74, 6) is 0. The lowest BCUT2D eigenvalue weighted by atomic mass is 10.1. The number of nitrogens with zero attached hydrogens (tertiary/aromatic N) is 3. The predicted octanol–water partition coefficient (Wildman–Crippen LogP) is 2.93. The van der Waals surface area contributed by atoms with Crippen molar-refractivity contribution in [2.75, 3.05) is 11.9 Å². The van der Waals surface area contributed by atoms with E-state index in [0.29, 0.717) is 0 Å². The molecule has 3 rings (SSSR count). The van der Waals surface area contributed by atoms with Crippen LogP contribution in [0.3, 0.4) is 0 Å². The summed E-state index contributed by atoms with van der Waals surface area (Å²) in [4.78, 5) is 4.55. The molecule has 1 N–H and O–H groups in total. The van der Waals surface area contributed by atoms with Gasteiger partial charge in [-0.05, 0) is 25.1 Å². The number of nitrogens with one attached hydrogen (secondary N) is 1. The highest BCUT2D eigenvalue weighted by Gasteiger charge is 2.03. The maximum atomic E-state index is 4.55. The lowest BCUT2D eigenvalue weighted by molar-refractivity contribution is 0.742. The van der Waals surface area contributed by atoms with E-state index in [1.165, 1.54) is 5.39 Å². The molecule has 0 fully saturated rings. The van der Waals surface area contributed by atoms with Crippen LogP contribution in [0.15, 0.2) is 42.6 Å². The molecule has 0 aliphatic heterocycles. The van der Waals surface area contributed by atoms with Crippen molar-refractivity contribution in [1.29, 1.82) is 0 Å². The molecule has 20 heavy (non-hydrogen) atoms. The maximum Gasteiger partial charge on any atom is 0.0725 e. The zero-order valence-corrected chi connectivity index (χ0v) is 11.8. The van der Waals surface area contributed by atoms with Gasteiger partial charge in [-0.2, -0.15) is 5.10 Å². The normalized spacial score (nSPS) is 10.9. The van der Waals surface area contributed by atoms with E-state index in [2.05, 4.69) is 33.6 Å². The van der Waals surface area contributed by atoms with E-state index < -0.39 is 0 Å². The van der Waals surface area contributed by atoms with Gasteiger partial charge in [-0.25, -0.2) is 0 Å². The first-order chi connectivity index (χ1) is 9.72. The molecule has 0 spiro atoms. The summed E-state index contributed by atoms with van der Waals surface area (Å²) >= 11 is 0. The molecule has 0 unspecified atom stereocenters. The van der Waals surface area contributed by atoms with Gasteiger partial charge in [-0.1, -0.05) is 18.2 Å². The minimum absolute atomic E-state index is 0.866. The van der Waals surface area contributed by atoms with Crippen molar-refractivity contribution in [3.05, 3.63) is 54.0 Å². The molecule has 0 bridgehead atoms. The van der Waals surface area contributed by atoms with Crippen molar-refractivity contribution in [1.82, 2.24) is 14.8 Å². The predicted molar refractivity (Wildman–Crippen MR) is 81.9 cm³/mol. The van der Waals surface area contributed by atoms with Crippen molar-refractivity contribution in [3.8, 4) is 0 Å². The minimum atomic E-state index is 0.866. The zero-order chi connectivity index (χ0) is 13.9. The molecule has 0 radical (unpaired) electrons. The van der Waals surface area contributed by atoms with Crippen molar-refractivity contribution in [2.45, 2.75) is 13.3 Å². The van der Waals surface area contributed by atoms with Gasteiger partial charge in [0.1, 0.15) is 0 Å². The van der Waals surface area contributed by atoms with Crippen LogP contribution in [-0.2, 0) is 13.5 Å². The quantitative estimate of drug-likeness (QED) is 0.789. The van der Waals surface area contributed by atoms with Gasteiger partial charge in [0.2, 0.25) is 0 Å². The third-order valence-electron chi connectivity index (χ3n) is 3.31. The Morgan fingerprint density at radius 3 is 2.85 bits per heavy atom. The smallest absolute Gasteiger partial charge is 0.0725 e. The second-order valence-corrected chi connectivity index (χ2v) is 4.99. The Kier molecular flexibility index (Phi) is 3.37. The van der Waals surface area contributed by atoms with E-state index in [-0.39, 0.29) is 0 Å². The number of benzene rings is 1. The number of rotatable bonds is 4. The molecule has 4 nitrogen and oxygen atoms in total. The highest BCUT2D eigenvalue weighted by Crippen LogP contribution is 2.22. The number of aryl methyl sites for hydroxylation is 2. The second kappa shape index (κ2) is 5.33. The molecular weight excluding hydrogens is 248 g/mol. The van der Waals surface area contributed by atoms with Gasteiger partial charge in [0.25, 0.3) is 0 Å². The topological polar surface area (TPSA) is 42.7 Å². The first-order valence-electron chi connectivity index (χ1n) is 6.81. The maximum absolute atomic E-state index is 4.55. The van der Waals surface area contributed by atoms with E-state index in [0.717, 1.165) is 35.6 Å². The van der Waals surface area contributed by atoms with E-state index in [9.17, 15) is 0 Å². The number of aromatic nitrogens is 3. The summed E-state index contributed by atoms with van der Waals surface area (Å²) in [5, 5.41) is 9.05. The van der Waals surface area contributed by atoms with Gasteiger partial charge in [0, 0.05) is 43.0 Å². The summed E-state index contributed by atoms with van der Waals surface area (Å²) in [7, 11) is 1.94. The van der Waals surface area contributed by atoms with Crippen LogP contribution in [0.2, 0.25) is 0 Å². The number of anilines is 1. The zero-order valence-electron chi connectivity index (χ0n) is 11.8. The van der Waals surface area contributed by atoms with Crippen LogP contribution in [0.4, 0.5) is 5.69 Å².